The molecule has 0 aliphatic rings. The molecule has 0 radical (unpaired) electrons. The summed E-state index contributed by atoms with van der Waals surface area (Å²) in [6.45, 7) is 5.81. The summed E-state index contributed by atoms with van der Waals surface area (Å²) >= 11 is 6.63. The molecule has 4 aromatic rings. The van der Waals surface area contributed by atoms with Gasteiger partial charge < -0.3 is 4.98 Å². The van der Waals surface area contributed by atoms with E-state index in [0.717, 1.165) is 16.1 Å². The van der Waals surface area contributed by atoms with Crippen LogP contribution >= 0.6 is 23.6 Å². The second-order valence-electron chi connectivity index (χ2n) is 7.18. The van der Waals surface area contributed by atoms with E-state index in [4.69, 9.17) is 12.2 Å². The largest absolute Gasteiger partial charge is 0.332 e. The van der Waals surface area contributed by atoms with Gasteiger partial charge in [-0.25, -0.2) is 9.37 Å². The number of carbonyl (C=O) groups excluding carboxylic acids is 1. The average Bonchev–Trinajstić information content (AvgIpc) is 3.10. The van der Waals surface area contributed by atoms with E-state index in [1.807, 2.05) is 6.92 Å². The summed E-state index contributed by atoms with van der Waals surface area (Å²) in [7, 11) is 0. The van der Waals surface area contributed by atoms with Crippen molar-refractivity contribution in [2.24, 2.45) is 0 Å². The Labute approximate surface area is 192 Å². The highest BCUT2D eigenvalue weighted by Gasteiger charge is 2.14. The van der Waals surface area contributed by atoms with Crippen LogP contribution in [0.1, 0.15) is 26.5 Å². The number of aryl methyl sites for hydroxylation is 1. The Hall–Kier alpha value is -3.43. The van der Waals surface area contributed by atoms with Gasteiger partial charge in [0, 0.05) is 23.4 Å². The van der Waals surface area contributed by atoms with Crippen LogP contribution in [0.5, 0.6) is 0 Å². The third kappa shape index (κ3) is 4.44. The van der Waals surface area contributed by atoms with Gasteiger partial charge in [-0.05, 0) is 55.0 Å². The van der Waals surface area contributed by atoms with E-state index >= 15 is 0 Å². The molecule has 0 fully saturated rings. The molecule has 0 unspecified atom stereocenters. The molecule has 2 N–H and O–H groups in total. The second kappa shape index (κ2) is 8.97. The summed E-state index contributed by atoms with van der Waals surface area (Å²) in [6.07, 6.45) is 2.20. The van der Waals surface area contributed by atoms with Crippen LogP contribution in [0.25, 0.3) is 10.9 Å². The van der Waals surface area contributed by atoms with Crippen LogP contribution in [0.15, 0.2) is 59.9 Å². The molecule has 0 saturated heterocycles. The van der Waals surface area contributed by atoms with Crippen molar-refractivity contribution in [1.29, 1.82) is 0 Å². The smallest absolute Gasteiger partial charge is 0.262 e. The van der Waals surface area contributed by atoms with Crippen LogP contribution in [-0.2, 0) is 13.0 Å². The average molecular weight is 467 g/mol. The maximum atomic E-state index is 13.1. The highest BCUT2D eigenvalue weighted by Crippen LogP contribution is 2.26. The van der Waals surface area contributed by atoms with Gasteiger partial charge in [0.05, 0.1) is 16.6 Å². The topological polar surface area (TPSA) is 79.8 Å². The molecule has 0 spiro atoms. The minimum absolute atomic E-state index is 0.239. The molecule has 0 atom stereocenters. The summed E-state index contributed by atoms with van der Waals surface area (Å²) < 4.78 is 14.8. The third-order valence-corrected chi connectivity index (χ3v) is 6.34. The Kier molecular flexibility index (Phi) is 6.11. The fourth-order valence-electron chi connectivity index (χ4n) is 3.29. The molecule has 0 aliphatic heterocycles. The van der Waals surface area contributed by atoms with Gasteiger partial charge in [0.15, 0.2) is 9.90 Å². The molecule has 9 heteroatoms. The summed E-state index contributed by atoms with van der Waals surface area (Å²) in [6, 6.07) is 11.1. The van der Waals surface area contributed by atoms with Crippen molar-refractivity contribution < 1.29 is 9.18 Å². The maximum Gasteiger partial charge on any atom is 0.262 e. The van der Waals surface area contributed by atoms with Crippen molar-refractivity contribution >= 4 is 45.5 Å². The van der Waals surface area contributed by atoms with E-state index < -0.39 is 0 Å². The fraction of sp³-hybridized carbons (Fsp3) is 0.130. The molecule has 162 valence electrons. The lowest BCUT2D eigenvalue weighted by molar-refractivity contribution is 0.102. The van der Waals surface area contributed by atoms with Gasteiger partial charge >= 0.3 is 0 Å². The Morgan fingerprint density at radius 3 is 2.78 bits per heavy atom. The Balaban J connectivity index is 1.57. The molecule has 2 heterocycles. The van der Waals surface area contributed by atoms with Crippen molar-refractivity contribution in [3.8, 4) is 0 Å². The van der Waals surface area contributed by atoms with Gasteiger partial charge in [-0.2, -0.15) is 0 Å². The Morgan fingerprint density at radius 1 is 1.31 bits per heavy atom. The summed E-state index contributed by atoms with van der Waals surface area (Å²) in [4.78, 5) is 33.8. The Morgan fingerprint density at radius 2 is 2.06 bits per heavy atom. The minimum Gasteiger partial charge on any atom is -0.332 e. The number of hydrogen-bond donors (Lipinski definition) is 2. The number of benzene rings is 2. The molecule has 2 aromatic heterocycles. The van der Waals surface area contributed by atoms with Crippen molar-refractivity contribution in [2.45, 2.75) is 19.9 Å². The van der Waals surface area contributed by atoms with Crippen LogP contribution in [0.3, 0.4) is 0 Å². The summed E-state index contributed by atoms with van der Waals surface area (Å²) in [5.74, 6) is -0.623. The van der Waals surface area contributed by atoms with E-state index in [0.29, 0.717) is 34.6 Å². The zero-order valence-corrected chi connectivity index (χ0v) is 18.8. The number of carbonyl (C=O) groups is 1. The molecule has 1 amide bonds. The number of aromatic nitrogens is 3. The monoisotopic (exact) mass is 466 g/mol. The van der Waals surface area contributed by atoms with Crippen LogP contribution in [0, 0.1) is 17.5 Å². The van der Waals surface area contributed by atoms with Crippen LogP contribution in [-0.4, -0.2) is 20.4 Å². The summed E-state index contributed by atoms with van der Waals surface area (Å²) in [5.41, 5.74) is 2.39. The number of rotatable bonds is 6. The first kappa shape index (κ1) is 21.8. The molecule has 0 bridgehead atoms. The molecule has 32 heavy (non-hydrogen) atoms. The first-order valence-electron chi connectivity index (χ1n) is 9.75. The van der Waals surface area contributed by atoms with Gasteiger partial charge in [0.1, 0.15) is 5.82 Å². The van der Waals surface area contributed by atoms with E-state index in [1.165, 1.54) is 28.0 Å². The predicted molar refractivity (Wildman–Crippen MR) is 128 cm³/mol. The van der Waals surface area contributed by atoms with Gasteiger partial charge in [0.2, 0.25) is 0 Å². The van der Waals surface area contributed by atoms with Gasteiger partial charge in [-0.1, -0.05) is 18.2 Å². The first-order valence-corrected chi connectivity index (χ1v) is 11.0. The quantitative estimate of drug-likeness (QED) is 0.310. The molecule has 4 rings (SSSR count). The normalized spacial score (nSPS) is 10.9. The number of nitrogens with zero attached hydrogens (tertiary/aromatic N) is 2. The van der Waals surface area contributed by atoms with Gasteiger partial charge in [-0.15, -0.1) is 17.9 Å². The maximum absolute atomic E-state index is 13.1. The zero-order valence-electron chi connectivity index (χ0n) is 17.1. The fourth-order valence-corrected chi connectivity index (χ4v) is 4.55. The number of fused-ring (bicyclic) bond motifs is 1. The van der Waals surface area contributed by atoms with E-state index in [1.54, 1.807) is 36.4 Å². The molecule has 0 aliphatic carbocycles. The second-order valence-corrected chi connectivity index (χ2v) is 8.65. The zero-order chi connectivity index (χ0) is 22.8. The number of anilines is 1. The SMILES string of the molecule is C=CCn1c(=S)[nH]c2cc(C(=O)Nc3nc(C)c(Cc4ccc(F)cc4)s3)ccc2c1=O. The number of thiazole rings is 1. The van der Waals surface area contributed by atoms with E-state index in [-0.39, 0.29) is 22.1 Å². The van der Waals surface area contributed by atoms with Crippen molar-refractivity contribution in [3.63, 3.8) is 0 Å². The van der Waals surface area contributed by atoms with Crippen molar-refractivity contribution in [2.75, 3.05) is 5.32 Å². The van der Waals surface area contributed by atoms with Crippen molar-refractivity contribution in [3.05, 3.63) is 97.8 Å². The lowest BCUT2D eigenvalue weighted by Gasteiger charge is -2.07. The summed E-state index contributed by atoms with van der Waals surface area (Å²) in [5, 5.41) is 3.72. The molecule has 2 aromatic carbocycles. The van der Waals surface area contributed by atoms with E-state index in [2.05, 4.69) is 21.9 Å². The number of amides is 1. The number of H-pyrrole nitrogens is 1. The Bertz CT molecular complexity index is 1450. The van der Waals surface area contributed by atoms with Gasteiger partial charge in [0.25, 0.3) is 11.5 Å². The molecule has 0 saturated carbocycles. The highest BCUT2D eigenvalue weighted by atomic mass is 32.1. The molecular weight excluding hydrogens is 447 g/mol. The molecule has 6 nitrogen and oxygen atoms in total. The van der Waals surface area contributed by atoms with Crippen LogP contribution in [0.4, 0.5) is 9.52 Å². The van der Waals surface area contributed by atoms with E-state index in [9.17, 15) is 14.0 Å². The third-order valence-electron chi connectivity index (χ3n) is 4.95. The van der Waals surface area contributed by atoms with Gasteiger partial charge in [-0.3, -0.25) is 19.5 Å². The lowest BCUT2D eigenvalue weighted by atomic mass is 10.1. The predicted octanol–water partition coefficient (Wildman–Crippen LogP) is 4.99. The standard InChI is InChI=1S/C23H19FN4O2S2/c1-3-10-28-21(30)17-9-6-15(12-18(17)26-23(28)31)20(29)27-22-25-13(2)19(32-22)11-14-4-7-16(24)8-5-14/h3-9,12H,1,10-11H2,2H3,(H,26,31)(H,25,27,29). The van der Waals surface area contributed by atoms with Crippen molar-refractivity contribution in [1.82, 2.24) is 14.5 Å². The lowest BCUT2D eigenvalue weighted by Crippen LogP contribution is -2.22. The van der Waals surface area contributed by atoms with Crippen LogP contribution in [0.2, 0.25) is 0 Å². The minimum atomic E-state index is -0.344. The number of nitrogens with one attached hydrogen (secondary N) is 2. The first-order chi connectivity index (χ1) is 15.4. The number of allylic oxidation sites excluding steroid dienone is 1. The number of aromatic amines is 1. The highest BCUT2D eigenvalue weighted by molar-refractivity contribution is 7.71. The number of halogens is 1. The molecular formula is C23H19FN4O2S2. The number of hydrogen-bond acceptors (Lipinski definition) is 5. The van der Waals surface area contributed by atoms with Crippen LogP contribution < -0.4 is 10.9 Å².